The van der Waals surface area contributed by atoms with E-state index in [-0.39, 0.29) is 0 Å². The van der Waals surface area contributed by atoms with Gasteiger partial charge in [-0.15, -0.1) is 6.58 Å². The van der Waals surface area contributed by atoms with E-state index in [0.717, 1.165) is 18.7 Å². The van der Waals surface area contributed by atoms with Gasteiger partial charge in [0, 0.05) is 6.04 Å². The van der Waals surface area contributed by atoms with Crippen LogP contribution in [0.15, 0.2) is 36.4 Å². The number of ether oxygens (including phenoxy) is 1. The molecule has 0 spiro atoms. The van der Waals surface area contributed by atoms with Crippen molar-refractivity contribution in [2.75, 3.05) is 13.2 Å². The lowest BCUT2D eigenvalue weighted by Gasteiger charge is -2.15. The molecule has 0 aromatic heterocycles. The highest BCUT2D eigenvalue weighted by atomic mass is 16.5. The summed E-state index contributed by atoms with van der Waals surface area (Å²) in [6, 6.07) is 8.50. The zero-order valence-corrected chi connectivity index (χ0v) is 11.1. The lowest BCUT2D eigenvalue weighted by atomic mass is 10.2. The Balaban J connectivity index is 2.21. The fourth-order valence-electron chi connectivity index (χ4n) is 1.45. The Labute approximate surface area is 105 Å². The average molecular weight is 233 g/mol. The number of hydrogen-bond donors (Lipinski definition) is 1. The fraction of sp³-hybridized carbons (Fsp3) is 0.467. The molecular weight excluding hydrogens is 210 g/mol. The third-order valence-electron chi connectivity index (χ3n) is 2.57. The summed E-state index contributed by atoms with van der Waals surface area (Å²) in [6.07, 6.45) is 1.02. The topological polar surface area (TPSA) is 21.3 Å². The minimum Gasteiger partial charge on any atom is -0.492 e. The predicted octanol–water partition coefficient (Wildman–Crippen LogP) is 3.32. The smallest absolute Gasteiger partial charge is 0.119 e. The monoisotopic (exact) mass is 233 g/mol. The van der Waals surface area contributed by atoms with E-state index in [4.69, 9.17) is 4.74 Å². The fourth-order valence-corrected chi connectivity index (χ4v) is 1.45. The van der Waals surface area contributed by atoms with Gasteiger partial charge in [0.05, 0.1) is 0 Å². The van der Waals surface area contributed by atoms with Crippen LogP contribution in [0.2, 0.25) is 0 Å². The van der Waals surface area contributed by atoms with Crippen LogP contribution < -0.4 is 10.1 Å². The number of hydrogen-bond acceptors (Lipinski definition) is 2. The highest BCUT2D eigenvalue weighted by Gasteiger charge is 2.02. The molecule has 1 aromatic carbocycles. The third kappa shape index (κ3) is 6.12. The minimum atomic E-state index is 0.357. The van der Waals surface area contributed by atoms with Crippen molar-refractivity contribution in [3.8, 4) is 5.75 Å². The molecule has 0 fully saturated rings. The van der Waals surface area contributed by atoms with Crippen LogP contribution in [-0.4, -0.2) is 19.2 Å². The third-order valence-corrected chi connectivity index (χ3v) is 2.57. The first-order chi connectivity index (χ1) is 8.08. The number of aryl methyl sites for hydroxylation is 1. The first kappa shape index (κ1) is 13.8. The number of benzene rings is 1. The van der Waals surface area contributed by atoms with Crippen molar-refractivity contribution in [2.24, 2.45) is 0 Å². The molecule has 0 aliphatic carbocycles. The van der Waals surface area contributed by atoms with E-state index in [9.17, 15) is 0 Å². The average Bonchev–Trinajstić information content (AvgIpc) is 2.28. The van der Waals surface area contributed by atoms with Crippen LogP contribution in [0.1, 0.15) is 25.8 Å². The van der Waals surface area contributed by atoms with Gasteiger partial charge in [0.2, 0.25) is 0 Å². The molecule has 0 heterocycles. The van der Waals surface area contributed by atoms with E-state index in [1.807, 2.05) is 12.1 Å². The van der Waals surface area contributed by atoms with E-state index in [1.165, 1.54) is 11.1 Å². The maximum Gasteiger partial charge on any atom is 0.119 e. The molecule has 0 radical (unpaired) electrons. The number of rotatable bonds is 7. The van der Waals surface area contributed by atoms with Crippen LogP contribution in [0.3, 0.4) is 0 Å². The molecule has 94 valence electrons. The maximum absolute atomic E-state index is 5.70. The molecule has 0 bridgehead atoms. The first-order valence-electron chi connectivity index (χ1n) is 6.15. The van der Waals surface area contributed by atoms with E-state index in [1.54, 1.807) is 0 Å². The molecular formula is C15H23NO. The zero-order valence-electron chi connectivity index (χ0n) is 11.1. The lowest BCUT2D eigenvalue weighted by Crippen LogP contribution is -2.32. The quantitative estimate of drug-likeness (QED) is 0.729. The Morgan fingerprint density at radius 2 is 2.00 bits per heavy atom. The molecule has 1 unspecified atom stereocenters. The summed E-state index contributed by atoms with van der Waals surface area (Å²) in [4.78, 5) is 0. The van der Waals surface area contributed by atoms with Crippen molar-refractivity contribution in [1.29, 1.82) is 0 Å². The Morgan fingerprint density at radius 3 is 2.59 bits per heavy atom. The molecule has 1 atom stereocenters. The Kier molecular flexibility index (Phi) is 5.78. The van der Waals surface area contributed by atoms with E-state index < -0.39 is 0 Å². The van der Waals surface area contributed by atoms with Crippen molar-refractivity contribution < 1.29 is 4.74 Å². The van der Waals surface area contributed by atoms with Crippen molar-refractivity contribution in [2.45, 2.75) is 33.2 Å². The van der Waals surface area contributed by atoms with Crippen molar-refractivity contribution in [1.82, 2.24) is 5.32 Å². The lowest BCUT2D eigenvalue weighted by molar-refractivity contribution is 0.274. The maximum atomic E-state index is 5.70. The second-order valence-corrected chi connectivity index (χ2v) is 4.69. The number of nitrogens with one attached hydrogen (secondary N) is 1. The Bertz CT molecular complexity index is 342. The van der Waals surface area contributed by atoms with E-state index in [0.29, 0.717) is 12.6 Å². The van der Waals surface area contributed by atoms with Crippen LogP contribution in [0.4, 0.5) is 0 Å². The summed E-state index contributed by atoms with van der Waals surface area (Å²) in [6.45, 7) is 11.8. The van der Waals surface area contributed by atoms with Crippen molar-refractivity contribution >= 4 is 0 Å². The summed E-state index contributed by atoms with van der Waals surface area (Å²) in [5.74, 6) is 0.934. The summed E-state index contributed by atoms with van der Waals surface area (Å²) in [5, 5.41) is 3.41. The molecule has 0 saturated carbocycles. The standard InChI is InChI=1S/C15H23NO/c1-12(2)9-10-16-14(4)11-17-15-7-5-13(3)6-8-15/h5-8,14,16H,1,9-11H2,2-4H3. The highest BCUT2D eigenvalue weighted by Crippen LogP contribution is 2.11. The van der Waals surface area contributed by atoms with Gasteiger partial charge in [0.25, 0.3) is 0 Å². The first-order valence-corrected chi connectivity index (χ1v) is 6.15. The molecule has 2 nitrogen and oxygen atoms in total. The summed E-state index contributed by atoms with van der Waals surface area (Å²) in [7, 11) is 0. The Morgan fingerprint density at radius 1 is 1.35 bits per heavy atom. The van der Waals surface area contributed by atoms with Crippen LogP contribution in [0, 0.1) is 6.92 Å². The molecule has 0 aliphatic rings. The van der Waals surface area contributed by atoms with Gasteiger partial charge in [0.15, 0.2) is 0 Å². The van der Waals surface area contributed by atoms with Gasteiger partial charge >= 0.3 is 0 Å². The van der Waals surface area contributed by atoms with Crippen LogP contribution in [-0.2, 0) is 0 Å². The van der Waals surface area contributed by atoms with Gasteiger partial charge in [0.1, 0.15) is 12.4 Å². The molecule has 0 aliphatic heterocycles. The van der Waals surface area contributed by atoms with Crippen LogP contribution in [0.5, 0.6) is 5.75 Å². The normalized spacial score (nSPS) is 12.2. The second kappa shape index (κ2) is 7.13. The molecule has 1 aromatic rings. The zero-order chi connectivity index (χ0) is 12.7. The minimum absolute atomic E-state index is 0.357. The van der Waals surface area contributed by atoms with Gasteiger partial charge in [-0.1, -0.05) is 23.3 Å². The summed E-state index contributed by atoms with van der Waals surface area (Å²) < 4.78 is 5.70. The van der Waals surface area contributed by atoms with Crippen LogP contribution >= 0.6 is 0 Å². The summed E-state index contributed by atoms with van der Waals surface area (Å²) >= 11 is 0. The molecule has 17 heavy (non-hydrogen) atoms. The molecule has 0 amide bonds. The second-order valence-electron chi connectivity index (χ2n) is 4.69. The molecule has 2 heteroatoms. The van der Waals surface area contributed by atoms with Crippen LogP contribution in [0.25, 0.3) is 0 Å². The highest BCUT2D eigenvalue weighted by molar-refractivity contribution is 5.26. The van der Waals surface area contributed by atoms with Gasteiger partial charge in [-0.2, -0.15) is 0 Å². The van der Waals surface area contributed by atoms with E-state index in [2.05, 4.69) is 44.8 Å². The largest absolute Gasteiger partial charge is 0.492 e. The SMILES string of the molecule is C=C(C)CCNC(C)COc1ccc(C)cc1. The molecule has 1 rings (SSSR count). The van der Waals surface area contributed by atoms with Crippen molar-refractivity contribution in [3.63, 3.8) is 0 Å². The summed E-state index contributed by atoms with van der Waals surface area (Å²) in [5.41, 5.74) is 2.47. The Hall–Kier alpha value is -1.28. The van der Waals surface area contributed by atoms with Gasteiger partial charge < -0.3 is 10.1 Å². The van der Waals surface area contributed by atoms with Gasteiger partial charge in [-0.05, 0) is 45.9 Å². The molecule has 1 N–H and O–H groups in total. The van der Waals surface area contributed by atoms with Crippen molar-refractivity contribution in [3.05, 3.63) is 42.0 Å². The molecule has 0 saturated heterocycles. The van der Waals surface area contributed by atoms with Gasteiger partial charge in [-0.3, -0.25) is 0 Å². The van der Waals surface area contributed by atoms with Gasteiger partial charge in [-0.25, -0.2) is 0 Å². The predicted molar refractivity (Wildman–Crippen MR) is 73.6 cm³/mol. The van der Waals surface area contributed by atoms with E-state index >= 15 is 0 Å².